The van der Waals surface area contributed by atoms with E-state index in [0.717, 1.165) is 0 Å². The minimum Gasteiger partial charge on any atom is -0.444 e. The lowest BCUT2D eigenvalue weighted by molar-refractivity contribution is -0.118. The highest BCUT2D eigenvalue weighted by Gasteiger charge is 2.25. The predicted molar refractivity (Wildman–Crippen MR) is 83.3 cm³/mol. The van der Waals surface area contributed by atoms with E-state index in [4.69, 9.17) is 4.74 Å². The first-order chi connectivity index (χ1) is 10.2. The molecule has 0 aliphatic rings. The molecule has 0 fully saturated rings. The van der Waals surface area contributed by atoms with Crippen molar-refractivity contribution in [2.45, 2.75) is 52.7 Å². The lowest BCUT2D eigenvalue weighted by atomic mass is 10.0. The molecule has 0 bridgehead atoms. The van der Waals surface area contributed by atoms with Crippen molar-refractivity contribution in [3.8, 4) is 0 Å². The number of hydrogen-bond acceptors (Lipinski definition) is 5. The summed E-state index contributed by atoms with van der Waals surface area (Å²) >= 11 is 0. The molecular weight excluding hydrogens is 284 g/mol. The van der Waals surface area contributed by atoms with E-state index in [2.05, 4.69) is 20.6 Å². The third kappa shape index (κ3) is 7.01. The molecule has 1 aromatic heterocycles. The number of nitrogens with one attached hydrogen (secondary N) is 2. The Morgan fingerprint density at radius 2 is 1.95 bits per heavy atom. The Morgan fingerprint density at radius 1 is 1.27 bits per heavy atom. The SMILES string of the molecule is CC(C)CC(NC(=O)OC(C)(C)C)C(=O)Nc1cnccn1. The van der Waals surface area contributed by atoms with Crippen LogP contribution in [0.3, 0.4) is 0 Å². The number of nitrogens with zero attached hydrogens (tertiary/aromatic N) is 2. The van der Waals surface area contributed by atoms with Gasteiger partial charge in [-0.1, -0.05) is 13.8 Å². The van der Waals surface area contributed by atoms with Crippen molar-refractivity contribution >= 4 is 17.8 Å². The van der Waals surface area contributed by atoms with Gasteiger partial charge in [0, 0.05) is 12.4 Å². The molecule has 7 heteroatoms. The Morgan fingerprint density at radius 3 is 2.45 bits per heavy atom. The highest BCUT2D eigenvalue weighted by atomic mass is 16.6. The molecule has 0 spiro atoms. The minimum absolute atomic E-state index is 0.229. The van der Waals surface area contributed by atoms with Crippen molar-refractivity contribution in [1.29, 1.82) is 0 Å². The lowest BCUT2D eigenvalue weighted by Crippen LogP contribution is -2.46. The van der Waals surface area contributed by atoms with Crippen LogP contribution in [0.4, 0.5) is 10.6 Å². The van der Waals surface area contributed by atoms with Gasteiger partial charge in [0.1, 0.15) is 11.6 Å². The average molecular weight is 308 g/mol. The molecule has 1 atom stereocenters. The highest BCUT2D eigenvalue weighted by molar-refractivity contribution is 5.95. The maximum absolute atomic E-state index is 12.3. The fourth-order valence-corrected chi connectivity index (χ4v) is 1.73. The van der Waals surface area contributed by atoms with Crippen molar-refractivity contribution in [2.75, 3.05) is 5.32 Å². The van der Waals surface area contributed by atoms with Crippen LogP contribution in [0, 0.1) is 5.92 Å². The molecule has 0 saturated carbocycles. The van der Waals surface area contributed by atoms with Crippen molar-refractivity contribution in [3.05, 3.63) is 18.6 Å². The largest absolute Gasteiger partial charge is 0.444 e. The Kier molecular flexibility index (Phi) is 6.27. The Bertz CT molecular complexity index is 497. The molecule has 2 N–H and O–H groups in total. The second kappa shape index (κ2) is 7.72. The van der Waals surface area contributed by atoms with Crippen molar-refractivity contribution < 1.29 is 14.3 Å². The third-order valence-corrected chi connectivity index (χ3v) is 2.53. The Hall–Kier alpha value is -2.18. The zero-order valence-electron chi connectivity index (χ0n) is 13.7. The van der Waals surface area contributed by atoms with Gasteiger partial charge in [-0.3, -0.25) is 9.78 Å². The highest BCUT2D eigenvalue weighted by Crippen LogP contribution is 2.11. The van der Waals surface area contributed by atoms with Gasteiger partial charge in [0.05, 0.1) is 6.20 Å². The summed E-state index contributed by atoms with van der Waals surface area (Å²) in [5.74, 6) is 0.222. The zero-order chi connectivity index (χ0) is 16.8. The number of hydrogen-bond donors (Lipinski definition) is 2. The molecule has 0 aromatic carbocycles. The van der Waals surface area contributed by atoms with Crippen molar-refractivity contribution in [3.63, 3.8) is 0 Å². The Balaban J connectivity index is 2.71. The number of rotatable bonds is 5. The molecule has 2 amide bonds. The van der Waals surface area contributed by atoms with Crippen molar-refractivity contribution in [1.82, 2.24) is 15.3 Å². The van der Waals surface area contributed by atoms with Crippen LogP contribution in [-0.2, 0) is 9.53 Å². The van der Waals surface area contributed by atoms with E-state index in [9.17, 15) is 9.59 Å². The van der Waals surface area contributed by atoms with Gasteiger partial charge in [0.15, 0.2) is 5.82 Å². The van der Waals surface area contributed by atoms with Crippen LogP contribution in [0.5, 0.6) is 0 Å². The molecule has 0 radical (unpaired) electrons. The third-order valence-electron chi connectivity index (χ3n) is 2.53. The fourth-order valence-electron chi connectivity index (χ4n) is 1.73. The molecular formula is C15H24N4O3. The lowest BCUT2D eigenvalue weighted by Gasteiger charge is -2.24. The number of anilines is 1. The summed E-state index contributed by atoms with van der Waals surface area (Å²) in [5, 5.41) is 5.24. The van der Waals surface area contributed by atoms with E-state index in [0.29, 0.717) is 12.2 Å². The number of ether oxygens (including phenoxy) is 1. The molecule has 122 valence electrons. The number of carbonyl (C=O) groups excluding carboxylic acids is 2. The number of alkyl carbamates (subject to hydrolysis) is 1. The normalized spacial score (nSPS) is 12.6. The second-order valence-electron chi connectivity index (χ2n) is 6.41. The first kappa shape index (κ1) is 17.9. The van der Waals surface area contributed by atoms with Crippen LogP contribution in [0.2, 0.25) is 0 Å². The van der Waals surface area contributed by atoms with Crippen LogP contribution in [0.25, 0.3) is 0 Å². The first-order valence-electron chi connectivity index (χ1n) is 7.24. The van der Waals surface area contributed by atoms with Crippen LogP contribution in [0.15, 0.2) is 18.6 Å². The Labute approximate surface area is 130 Å². The van der Waals surface area contributed by atoms with Crippen molar-refractivity contribution in [2.24, 2.45) is 5.92 Å². The molecule has 1 unspecified atom stereocenters. The maximum Gasteiger partial charge on any atom is 0.408 e. The minimum atomic E-state index is -0.697. The smallest absolute Gasteiger partial charge is 0.408 e. The van der Waals surface area contributed by atoms with Crippen LogP contribution in [-0.4, -0.2) is 33.6 Å². The zero-order valence-corrected chi connectivity index (χ0v) is 13.7. The fraction of sp³-hybridized carbons (Fsp3) is 0.600. The van der Waals surface area contributed by atoms with Gasteiger partial charge in [0.2, 0.25) is 5.91 Å². The maximum atomic E-state index is 12.3. The van der Waals surface area contributed by atoms with Crippen LogP contribution < -0.4 is 10.6 Å². The topological polar surface area (TPSA) is 93.2 Å². The van der Waals surface area contributed by atoms with Gasteiger partial charge in [-0.15, -0.1) is 0 Å². The van der Waals surface area contributed by atoms with E-state index < -0.39 is 17.7 Å². The van der Waals surface area contributed by atoms with Gasteiger partial charge in [-0.05, 0) is 33.1 Å². The summed E-state index contributed by atoms with van der Waals surface area (Å²) < 4.78 is 5.19. The molecule has 7 nitrogen and oxygen atoms in total. The van der Waals surface area contributed by atoms with Gasteiger partial charge in [0.25, 0.3) is 0 Å². The summed E-state index contributed by atoms with van der Waals surface area (Å²) in [7, 11) is 0. The number of aromatic nitrogens is 2. The molecule has 0 saturated heterocycles. The number of carbonyl (C=O) groups is 2. The average Bonchev–Trinajstić information content (AvgIpc) is 2.36. The van der Waals surface area contributed by atoms with E-state index in [1.54, 1.807) is 20.8 Å². The molecule has 1 heterocycles. The summed E-state index contributed by atoms with van der Waals surface area (Å²) in [5.41, 5.74) is -0.617. The molecule has 0 aliphatic heterocycles. The molecule has 1 aromatic rings. The first-order valence-corrected chi connectivity index (χ1v) is 7.24. The van der Waals surface area contributed by atoms with Gasteiger partial charge in [-0.2, -0.15) is 0 Å². The van der Waals surface area contributed by atoms with Crippen LogP contribution in [0.1, 0.15) is 41.0 Å². The predicted octanol–water partition coefficient (Wildman–Crippen LogP) is 2.35. The summed E-state index contributed by atoms with van der Waals surface area (Å²) in [4.78, 5) is 32.0. The molecule has 22 heavy (non-hydrogen) atoms. The van der Waals surface area contributed by atoms with E-state index in [1.807, 2.05) is 13.8 Å². The quantitative estimate of drug-likeness (QED) is 0.871. The van der Waals surface area contributed by atoms with E-state index in [1.165, 1.54) is 18.6 Å². The van der Waals surface area contributed by atoms with Gasteiger partial charge < -0.3 is 15.4 Å². The van der Waals surface area contributed by atoms with E-state index >= 15 is 0 Å². The van der Waals surface area contributed by atoms with Crippen LogP contribution >= 0.6 is 0 Å². The molecule has 0 aliphatic carbocycles. The van der Waals surface area contributed by atoms with Gasteiger partial charge >= 0.3 is 6.09 Å². The summed E-state index contributed by atoms with van der Waals surface area (Å²) in [6, 6.07) is -0.697. The summed E-state index contributed by atoms with van der Waals surface area (Å²) in [6.07, 6.45) is 4.31. The van der Waals surface area contributed by atoms with E-state index in [-0.39, 0.29) is 11.8 Å². The monoisotopic (exact) mass is 308 g/mol. The standard InChI is InChI=1S/C15H24N4O3/c1-10(2)8-11(18-14(21)22-15(3,4)5)13(20)19-12-9-16-6-7-17-12/h6-7,9-11H,8H2,1-5H3,(H,18,21)(H,17,19,20). The number of amides is 2. The molecule has 1 rings (SSSR count). The second-order valence-corrected chi connectivity index (χ2v) is 6.41. The van der Waals surface area contributed by atoms with Gasteiger partial charge in [-0.25, -0.2) is 9.78 Å². The summed E-state index contributed by atoms with van der Waals surface area (Å²) in [6.45, 7) is 9.25.